The molecule has 1 heterocycles. The minimum absolute atomic E-state index is 0.0658. The first kappa shape index (κ1) is 19.5. The van der Waals surface area contributed by atoms with Crippen molar-refractivity contribution in [3.8, 4) is 0 Å². The van der Waals surface area contributed by atoms with Gasteiger partial charge in [-0.3, -0.25) is 4.72 Å². The van der Waals surface area contributed by atoms with Crippen LogP contribution in [0.1, 0.15) is 25.7 Å². The maximum absolute atomic E-state index is 13.2. The molecular weight excluding hydrogens is 376 g/mol. The van der Waals surface area contributed by atoms with Gasteiger partial charge in [-0.15, -0.1) is 0 Å². The van der Waals surface area contributed by atoms with Gasteiger partial charge in [-0.1, -0.05) is 0 Å². The molecule has 6 nitrogen and oxygen atoms in total. The van der Waals surface area contributed by atoms with E-state index in [4.69, 9.17) is 4.74 Å². The lowest BCUT2D eigenvalue weighted by Gasteiger charge is -2.29. The third-order valence-corrected chi connectivity index (χ3v) is 5.90. The number of nitrogens with one attached hydrogen (secondary N) is 2. The number of aromatic nitrogens is 1. The molecule has 0 spiro atoms. The number of methoxy groups -OCH3 is 1. The Morgan fingerprint density at radius 2 is 1.96 bits per heavy atom. The average molecular weight is 397 g/mol. The maximum atomic E-state index is 13.2. The molecule has 27 heavy (non-hydrogen) atoms. The number of benzene rings is 1. The molecular formula is C18H21F2N3O3S. The van der Waals surface area contributed by atoms with E-state index >= 15 is 0 Å². The van der Waals surface area contributed by atoms with E-state index in [2.05, 4.69) is 15.0 Å². The van der Waals surface area contributed by atoms with Gasteiger partial charge >= 0.3 is 0 Å². The van der Waals surface area contributed by atoms with Crippen molar-refractivity contribution in [2.45, 2.75) is 42.7 Å². The van der Waals surface area contributed by atoms with Crippen LogP contribution in [0.4, 0.5) is 20.3 Å². The molecule has 1 saturated carbocycles. The van der Waals surface area contributed by atoms with Crippen LogP contribution < -0.4 is 10.0 Å². The second-order valence-corrected chi connectivity index (χ2v) is 8.16. The van der Waals surface area contributed by atoms with E-state index < -0.39 is 21.7 Å². The van der Waals surface area contributed by atoms with Crippen LogP contribution >= 0.6 is 0 Å². The highest BCUT2D eigenvalue weighted by Crippen LogP contribution is 2.24. The minimum Gasteiger partial charge on any atom is -0.381 e. The first-order valence-electron chi connectivity index (χ1n) is 8.60. The Labute approximate surface area is 157 Å². The number of halogens is 2. The smallest absolute Gasteiger partial charge is 0.263 e. The van der Waals surface area contributed by atoms with Crippen LogP contribution in [-0.2, 0) is 14.8 Å². The fraction of sp³-hybridized carbons (Fsp3) is 0.389. The number of nitrogens with zero attached hydrogens (tertiary/aromatic N) is 1. The number of hydrogen-bond donors (Lipinski definition) is 2. The molecule has 0 bridgehead atoms. The average Bonchev–Trinajstić information content (AvgIpc) is 2.65. The highest BCUT2D eigenvalue weighted by atomic mass is 32.2. The quantitative estimate of drug-likeness (QED) is 0.780. The normalized spacial score (nSPS) is 20.3. The zero-order valence-corrected chi connectivity index (χ0v) is 15.6. The molecule has 1 aliphatic rings. The molecule has 0 amide bonds. The molecule has 2 unspecified atom stereocenters. The summed E-state index contributed by atoms with van der Waals surface area (Å²) in [5.41, 5.74) is -0.0658. The van der Waals surface area contributed by atoms with Crippen LogP contribution in [0.25, 0.3) is 0 Å². The summed E-state index contributed by atoms with van der Waals surface area (Å²) in [6, 6.07) is 6.00. The molecule has 2 aromatic rings. The number of hydrogen-bond acceptors (Lipinski definition) is 5. The summed E-state index contributed by atoms with van der Waals surface area (Å²) in [6.45, 7) is 0. The predicted octanol–water partition coefficient (Wildman–Crippen LogP) is 3.53. The van der Waals surface area contributed by atoms with Crippen molar-refractivity contribution in [1.29, 1.82) is 0 Å². The van der Waals surface area contributed by atoms with E-state index in [1.165, 1.54) is 12.3 Å². The zero-order chi connectivity index (χ0) is 19.4. The summed E-state index contributed by atoms with van der Waals surface area (Å²) < 4.78 is 58.6. The van der Waals surface area contributed by atoms with Crippen LogP contribution in [0.3, 0.4) is 0 Å². The van der Waals surface area contributed by atoms with Gasteiger partial charge < -0.3 is 10.1 Å². The second kappa shape index (κ2) is 8.18. The first-order valence-corrected chi connectivity index (χ1v) is 10.1. The van der Waals surface area contributed by atoms with Gasteiger partial charge in [0.2, 0.25) is 0 Å². The van der Waals surface area contributed by atoms with E-state index in [-0.39, 0.29) is 22.7 Å². The molecule has 1 aromatic carbocycles. The van der Waals surface area contributed by atoms with Crippen LogP contribution in [0.2, 0.25) is 0 Å². The van der Waals surface area contributed by atoms with Crippen molar-refractivity contribution >= 4 is 21.5 Å². The number of pyridine rings is 1. The van der Waals surface area contributed by atoms with Gasteiger partial charge in [-0.25, -0.2) is 22.2 Å². The second-order valence-electron chi connectivity index (χ2n) is 6.48. The minimum atomic E-state index is -3.95. The van der Waals surface area contributed by atoms with Gasteiger partial charge in [0.1, 0.15) is 10.7 Å². The van der Waals surface area contributed by atoms with E-state index in [1.54, 1.807) is 13.2 Å². The third-order valence-electron chi connectivity index (χ3n) is 4.53. The fourth-order valence-electron chi connectivity index (χ4n) is 3.10. The van der Waals surface area contributed by atoms with Gasteiger partial charge in [0.05, 0.1) is 11.8 Å². The summed E-state index contributed by atoms with van der Waals surface area (Å²) in [5, 5.41) is 3.29. The standard InChI is InChI=1S/C18H21F2N3O3S/c1-26-14-4-2-3-12(9-14)22-18-8-6-15(11-21-18)27(24,25)23-13-5-7-16(19)17(20)10-13/h5-8,10-12,14,23H,2-4,9H2,1H3,(H,21,22). The Balaban J connectivity index is 1.67. The van der Waals surface area contributed by atoms with Gasteiger partial charge in [0.15, 0.2) is 11.6 Å². The Bertz CT molecular complexity index is 891. The SMILES string of the molecule is COC1CCCC(Nc2ccc(S(=O)(=O)Nc3ccc(F)c(F)c3)cn2)C1. The van der Waals surface area contributed by atoms with Crippen molar-refractivity contribution in [2.75, 3.05) is 17.1 Å². The highest BCUT2D eigenvalue weighted by molar-refractivity contribution is 7.92. The van der Waals surface area contributed by atoms with E-state index in [9.17, 15) is 17.2 Å². The van der Waals surface area contributed by atoms with Crippen LogP contribution in [0, 0.1) is 11.6 Å². The summed E-state index contributed by atoms with van der Waals surface area (Å²) in [4.78, 5) is 4.09. The van der Waals surface area contributed by atoms with Crippen molar-refractivity contribution in [1.82, 2.24) is 4.98 Å². The fourth-order valence-corrected chi connectivity index (χ4v) is 4.09. The lowest BCUT2D eigenvalue weighted by Crippen LogP contribution is -2.31. The van der Waals surface area contributed by atoms with Crippen molar-refractivity contribution < 1.29 is 21.9 Å². The number of rotatable bonds is 6. The van der Waals surface area contributed by atoms with Crippen molar-refractivity contribution in [3.05, 3.63) is 48.2 Å². The van der Waals surface area contributed by atoms with Crippen LogP contribution in [-0.4, -0.2) is 32.7 Å². The zero-order valence-electron chi connectivity index (χ0n) is 14.8. The summed E-state index contributed by atoms with van der Waals surface area (Å²) >= 11 is 0. The molecule has 1 aromatic heterocycles. The summed E-state index contributed by atoms with van der Waals surface area (Å²) in [5.74, 6) is -1.60. The molecule has 1 fully saturated rings. The molecule has 3 rings (SSSR count). The lowest BCUT2D eigenvalue weighted by molar-refractivity contribution is 0.0669. The third kappa shape index (κ3) is 4.92. The molecule has 0 radical (unpaired) electrons. The predicted molar refractivity (Wildman–Crippen MR) is 98.1 cm³/mol. The monoisotopic (exact) mass is 397 g/mol. The van der Waals surface area contributed by atoms with Crippen molar-refractivity contribution in [2.24, 2.45) is 0 Å². The Hall–Kier alpha value is -2.26. The van der Waals surface area contributed by atoms with Gasteiger partial charge in [0.25, 0.3) is 10.0 Å². The largest absolute Gasteiger partial charge is 0.381 e. The molecule has 9 heteroatoms. The van der Waals surface area contributed by atoms with Crippen LogP contribution in [0.15, 0.2) is 41.4 Å². The Morgan fingerprint density at radius 3 is 2.63 bits per heavy atom. The topological polar surface area (TPSA) is 80.3 Å². The lowest BCUT2D eigenvalue weighted by atomic mass is 9.93. The van der Waals surface area contributed by atoms with Crippen LogP contribution in [0.5, 0.6) is 0 Å². The highest BCUT2D eigenvalue weighted by Gasteiger charge is 2.22. The Morgan fingerprint density at radius 1 is 1.15 bits per heavy atom. The molecule has 0 aliphatic heterocycles. The first-order chi connectivity index (χ1) is 12.9. The molecule has 2 atom stereocenters. The van der Waals surface area contributed by atoms with E-state index in [0.717, 1.165) is 43.9 Å². The summed E-state index contributed by atoms with van der Waals surface area (Å²) in [6.07, 6.45) is 5.41. The van der Waals surface area contributed by atoms with E-state index in [1.807, 2.05) is 0 Å². The van der Waals surface area contributed by atoms with Gasteiger partial charge in [-0.05, 0) is 49.9 Å². The number of ether oxygens (including phenoxy) is 1. The number of anilines is 2. The summed E-state index contributed by atoms with van der Waals surface area (Å²) in [7, 11) is -2.26. The molecule has 2 N–H and O–H groups in total. The van der Waals surface area contributed by atoms with E-state index in [0.29, 0.717) is 5.82 Å². The Kier molecular flexibility index (Phi) is 5.91. The molecule has 1 aliphatic carbocycles. The maximum Gasteiger partial charge on any atom is 0.263 e. The van der Waals surface area contributed by atoms with Crippen molar-refractivity contribution in [3.63, 3.8) is 0 Å². The molecule has 0 saturated heterocycles. The van der Waals surface area contributed by atoms with Gasteiger partial charge in [-0.2, -0.15) is 0 Å². The van der Waals surface area contributed by atoms with Gasteiger partial charge in [0, 0.05) is 25.4 Å². The number of sulfonamides is 1. The molecule has 146 valence electrons.